The number of carbonyl (C=O) groups is 1. The van der Waals surface area contributed by atoms with Gasteiger partial charge in [0, 0.05) is 17.2 Å². The van der Waals surface area contributed by atoms with Crippen molar-refractivity contribution in [3.63, 3.8) is 0 Å². The van der Waals surface area contributed by atoms with E-state index in [0.717, 1.165) is 10.9 Å². The third-order valence-corrected chi connectivity index (χ3v) is 3.39. The number of amidine groups is 1. The van der Waals surface area contributed by atoms with Gasteiger partial charge in [-0.25, -0.2) is 4.98 Å². The lowest BCUT2D eigenvalue weighted by Gasteiger charge is -2.23. The molecule has 0 saturated carbocycles. The van der Waals surface area contributed by atoms with Crippen molar-refractivity contribution < 1.29 is 10.0 Å². The Kier molecular flexibility index (Phi) is 3.81. The molecule has 0 bridgehead atoms. The summed E-state index contributed by atoms with van der Waals surface area (Å²) in [5, 5.41) is 11.7. The van der Waals surface area contributed by atoms with E-state index in [0.29, 0.717) is 18.7 Å². The minimum Gasteiger partial charge on any atom is -0.409 e. The molecule has 96 valence electrons. The zero-order chi connectivity index (χ0) is 13.1. The minimum atomic E-state index is -0.340. The van der Waals surface area contributed by atoms with Crippen molar-refractivity contribution in [1.82, 2.24) is 9.88 Å². The number of hydrogen-bond acceptors (Lipinski definition) is 4. The Balaban J connectivity index is 2.20. The fourth-order valence-electron chi connectivity index (χ4n) is 2.03. The number of hydrogen-bond donors (Lipinski definition) is 2. The summed E-state index contributed by atoms with van der Waals surface area (Å²) in [6.45, 7) is 0.595. The van der Waals surface area contributed by atoms with E-state index >= 15 is 0 Å². The number of oxime groups is 1. The summed E-state index contributed by atoms with van der Waals surface area (Å²) in [6.07, 6.45) is 3.11. The third kappa shape index (κ3) is 2.45. The maximum absolute atomic E-state index is 12.2. The van der Waals surface area contributed by atoms with Crippen molar-refractivity contribution in [2.24, 2.45) is 10.9 Å². The highest BCUT2D eigenvalue weighted by Gasteiger charge is 2.32. The van der Waals surface area contributed by atoms with E-state index in [2.05, 4.69) is 26.1 Å². The standard InChI is InChI=1S/C11H13BrN4O2/c12-7-3-4-8(14-6-7)11(17)16-5-1-2-9(16)10(13)15-18/h3-4,6,9,18H,1-2,5H2,(H2,13,15). The first-order valence-corrected chi connectivity index (χ1v) is 6.32. The molecule has 1 fully saturated rings. The van der Waals surface area contributed by atoms with Crippen molar-refractivity contribution in [3.8, 4) is 0 Å². The second-order valence-corrected chi connectivity index (χ2v) is 4.96. The molecule has 1 atom stereocenters. The van der Waals surface area contributed by atoms with Gasteiger partial charge in [-0.2, -0.15) is 0 Å². The van der Waals surface area contributed by atoms with Gasteiger partial charge < -0.3 is 15.8 Å². The molecule has 1 saturated heterocycles. The normalized spacial score (nSPS) is 20.2. The van der Waals surface area contributed by atoms with Gasteiger partial charge >= 0.3 is 0 Å². The Hall–Kier alpha value is -1.63. The van der Waals surface area contributed by atoms with Gasteiger partial charge in [0.1, 0.15) is 5.69 Å². The van der Waals surface area contributed by atoms with E-state index in [4.69, 9.17) is 10.9 Å². The number of amides is 1. The topological polar surface area (TPSA) is 91.8 Å². The lowest BCUT2D eigenvalue weighted by Crippen LogP contribution is -2.44. The summed E-state index contributed by atoms with van der Waals surface area (Å²) < 4.78 is 0.813. The first kappa shape index (κ1) is 12.8. The van der Waals surface area contributed by atoms with E-state index in [9.17, 15) is 4.79 Å². The van der Waals surface area contributed by atoms with Crippen molar-refractivity contribution in [1.29, 1.82) is 0 Å². The molecule has 1 aromatic heterocycles. The summed E-state index contributed by atoms with van der Waals surface area (Å²) in [6, 6.07) is 3.07. The Labute approximate surface area is 113 Å². The highest BCUT2D eigenvalue weighted by molar-refractivity contribution is 9.10. The number of likely N-dealkylation sites (tertiary alicyclic amines) is 1. The summed E-state index contributed by atoms with van der Waals surface area (Å²) >= 11 is 3.26. The van der Waals surface area contributed by atoms with Crippen molar-refractivity contribution in [3.05, 3.63) is 28.5 Å². The van der Waals surface area contributed by atoms with Crippen LogP contribution in [0.4, 0.5) is 0 Å². The van der Waals surface area contributed by atoms with E-state index in [1.807, 2.05) is 0 Å². The molecule has 1 unspecified atom stereocenters. The molecule has 6 nitrogen and oxygen atoms in total. The fraction of sp³-hybridized carbons (Fsp3) is 0.364. The van der Waals surface area contributed by atoms with E-state index in [-0.39, 0.29) is 17.8 Å². The molecule has 0 radical (unpaired) electrons. The summed E-state index contributed by atoms with van der Waals surface area (Å²) in [4.78, 5) is 17.9. The Morgan fingerprint density at radius 1 is 1.61 bits per heavy atom. The van der Waals surface area contributed by atoms with Gasteiger partial charge in [0.2, 0.25) is 0 Å². The van der Waals surface area contributed by atoms with Crippen LogP contribution in [0.1, 0.15) is 23.3 Å². The van der Waals surface area contributed by atoms with Gasteiger partial charge in [-0.3, -0.25) is 4.79 Å². The number of nitrogens with zero attached hydrogens (tertiary/aromatic N) is 3. The molecule has 1 aliphatic rings. The Morgan fingerprint density at radius 3 is 3.00 bits per heavy atom. The second-order valence-electron chi connectivity index (χ2n) is 4.04. The van der Waals surface area contributed by atoms with Crippen LogP contribution >= 0.6 is 15.9 Å². The first-order valence-electron chi connectivity index (χ1n) is 5.53. The van der Waals surface area contributed by atoms with E-state index in [1.54, 1.807) is 23.2 Å². The van der Waals surface area contributed by atoms with Gasteiger partial charge in [-0.1, -0.05) is 5.16 Å². The SMILES string of the molecule is NC(=NO)C1CCCN1C(=O)c1ccc(Br)cn1. The summed E-state index contributed by atoms with van der Waals surface area (Å²) in [5.41, 5.74) is 5.94. The molecule has 1 aliphatic heterocycles. The zero-order valence-corrected chi connectivity index (χ0v) is 11.2. The number of halogens is 1. The second kappa shape index (κ2) is 5.34. The van der Waals surface area contributed by atoms with Crippen LogP contribution in [-0.2, 0) is 0 Å². The van der Waals surface area contributed by atoms with Crippen LogP contribution in [-0.4, -0.2) is 39.4 Å². The molecule has 1 aromatic rings. The quantitative estimate of drug-likeness (QED) is 0.371. The van der Waals surface area contributed by atoms with Crippen LogP contribution in [0.5, 0.6) is 0 Å². The summed E-state index contributed by atoms with van der Waals surface area (Å²) in [7, 11) is 0. The summed E-state index contributed by atoms with van der Waals surface area (Å²) in [5.74, 6) is -0.130. The van der Waals surface area contributed by atoms with Crippen molar-refractivity contribution in [2.75, 3.05) is 6.54 Å². The predicted molar refractivity (Wildman–Crippen MR) is 69.4 cm³/mol. The highest BCUT2D eigenvalue weighted by atomic mass is 79.9. The third-order valence-electron chi connectivity index (χ3n) is 2.92. The molecular weight excluding hydrogens is 300 g/mol. The van der Waals surface area contributed by atoms with Crippen molar-refractivity contribution >= 4 is 27.7 Å². The average Bonchev–Trinajstić information content (AvgIpc) is 2.87. The molecule has 0 aliphatic carbocycles. The number of nitrogens with two attached hydrogens (primary N) is 1. The van der Waals surface area contributed by atoms with Crippen LogP contribution in [0.2, 0.25) is 0 Å². The molecule has 2 heterocycles. The Bertz CT molecular complexity index is 474. The lowest BCUT2D eigenvalue weighted by atomic mass is 10.2. The molecule has 0 spiro atoms. The largest absolute Gasteiger partial charge is 0.409 e. The predicted octanol–water partition coefficient (Wildman–Crippen LogP) is 1.20. The van der Waals surface area contributed by atoms with E-state index in [1.165, 1.54) is 0 Å². The van der Waals surface area contributed by atoms with Gasteiger partial charge in [-0.15, -0.1) is 0 Å². The highest BCUT2D eigenvalue weighted by Crippen LogP contribution is 2.20. The Morgan fingerprint density at radius 2 is 2.39 bits per heavy atom. The number of aromatic nitrogens is 1. The number of pyridine rings is 1. The van der Waals surface area contributed by atoms with Gasteiger partial charge in [0.25, 0.3) is 5.91 Å². The monoisotopic (exact) mass is 312 g/mol. The van der Waals surface area contributed by atoms with Crippen LogP contribution in [0, 0.1) is 0 Å². The molecule has 0 aromatic carbocycles. The molecule has 1 amide bonds. The fourth-order valence-corrected chi connectivity index (χ4v) is 2.27. The maximum Gasteiger partial charge on any atom is 0.273 e. The van der Waals surface area contributed by atoms with Crippen LogP contribution in [0.25, 0.3) is 0 Å². The van der Waals surface area contributed by atoms with Crippen LogP contribution in [0.15, 0.2) is 28.0 Å². The minimum absolute atomic E-state index is 0.0676. The maximum atomic E-state index is 12.2. The molecule has 2 rings (SSSR count). The average molecular weight is 313 g/mol. The van der Waals surface area contributed by atoms with Crippen LogP contribution in [0.3, 0.4) is 0 Å². The van der Waals surface area contributed by atoms with Gasteiger partial charge in [0.05, 0.1) is 6.04 Å². The molecule has 18 heavy (non-hydrogen) atoms. The lowest BCUT2D eigenvalue weighted by molar-refractivity contribution is 0.0762. The van der Waals surface area contributed by atoms with Gasteiger partial charge in [0.15, 0.2) is 5.84 Å². The number of carbonyl (C=O) groups excluding carboxylic acids is 1. The van der Waals surface area contributed by atoms with Crippen molar-refractivity contribution in [2.45, 2.75) is 18.9 Å². The zero-order valence-electron chi connectivity index (χ0n) is 9.58. The van der Waals surface area contributed by atoms with E-state index < -0.39 is 0 Å². The first-order chi connectivity index (χ1) is 8.63. The molecule has 7 heteroatoms. The van der Waals surface area contributed by atoms with Crippen LogP contribution < -0.4 is 5.73 Å². The smallest absolute Gasteiger partial charge is 0.273 e. The molecular formula is C11H13BrN4O2. The molecule has 3 N–H and O–H groups in total. The van der Waals surface area contributed by atoms with Gasteiger partial charge in [-0.05, 0) is 40.9 Å². The number of rotatable bonds is 2.